The van der Waals surface area contributed by atoms with Crippen LogP contribution in [-0.2, 0) is 26.1 Å². The van der Waals surface area contributed by atoms with Gasteiger partial charge in [-0.1, -0.05) is 18.6 Å². The van der Waals surface area contributed by atoms with Crippen molar-refractivity contribution in [3.05, 3.63) is 41.0 Å². The van der Waals surface area contributed by atoms with Gasteiger partial charge in [0.15, 0.2) is 11.8 Å². The van der Waals surface area contributed by atoms with Crippen molar-refractivity contribution in [2.24, 2.45) is 4.99 Å². The molecule has 1 aromatic carbocycles. The van der Waals surface area contributed by atoms with Gasteiger partial charge in [0.2, 0.25) is 0 Å². The van der Waals surface area contributed by atoms with E-state index in [9.17, 15) is 0 Å². The van der Waals surface area contributed by atoms with E-state index < -0.39 is 0 Å². The number of benzene rings is 1. The van der Waals surface area contributed by atoms with Crippen molar-refractivity contribution in [1.29, 1.82) is 0 Å². The molecule has 148 valence electrons. The van der Waals surface area contributed by atoms with Crippen molar-refractivity contribution < 1.29 is 0 Å². The van der Waals surface area contributed by atoms with E-state index in [1.54, 1.807) is 18.8 Å². The minimum atomic E-state index is 0. The van der Waals surface area contributed by atoms with E-state index >= 15 is 0 Å². The van der Waals surface area contributed by atoms with Crippen LogP contribution in [0.25, 0.3) is 0 Å². The highest BCUT2D eigenvalue weighted by Crippen LogP contribution is 2.21. The maximum Gasteiger partial charge on any atom is 0.191 e. The van der Waals surface area contributed by atoms with E-state index in [-0.39, 0.29) is 24.0 Å². The highest BCUT2D eigenvalue weighted by molar-refractivity contribution is 14.0. The van der Waals surface area contributed by atoms with E-state index in [1.165, 1.54) is 35.3 Å². The maximum atomic E-state index is 4.37. The third-order valence-corrected chi connectivity index (χ3v) is 5.53. The first-order valence-electron chi connectivity index (χ1n) is 9.20. The predicted molar refractivity (Wildman–Crippen MR) is 123 cm³/mol. The highest BCUT2D eigenvalue weighted by atomic mass is 127. The number of nitrogens with zero attached hydrogens (tertiary/aromatic N) is 4. The Hall–Kier alpha value is -1.29. The summed E-state index contributed by atoms with van der Waals surface area (Å²) in [6.45, 7) is 4.52. The van der Waals surface area contributed by atoms with Crippen LogP contribution >= 0.6 is 35.7 Å². The molecule has 0 fully saturated rings. The third-order valence-electron chi connectivity index (χ3n) is 4.71. The summed E-state index contributed by atoms with van der Waals surface area (Å²) in [5, 5.41) is 15.5. The molecule has 2 aromatic rings. The van der Waals surface area contributed by atoms with Crippen LogP contribution in [0.4, 0.5) is 0 Å². The van der Waals surface area contributed by atoms with Crippen molar-refractivity contribution >= 4 is 41.7 Å². The molecule has 0 amide bonds. The van der Waals surface area contributed by atoms with Gasteiger partial charge in [0.1, 0.15) is 5.82 Å². The lowest BCUT2D eigenvalue weighted by atomic mass is 10.1. The SMILES string of the molecule is CN=C(NCc1ccc(C)cc1SC)NCc1nnc2n1CCCCC2.I. The molecule has 27 heavy (non-hydrogen) atoms. The van der Waals surface area contributed by atoms with E-state index in [2.05, 4.69) is 61.8 Å². The van der Waals surface area contributed by atoms with E-state index in [4.69, 9.17) is 0 Å². The summed E-state index contributed by atoms with van der Waals surface area (Å²) in [6, 6.07) is 6.56. The van der Waals surface area contributed by atoms with Gasteiger partial charge in [-0.2, -0.15) is 0 Å². The Morgan fingerprint density at radius 3 is 2.78 bits per heavy atom. The zero-order valence-electron chi connectivity index (χ0n) is 16.3. The first-order valence-corrected chi connectivity index (χ1v) is 10.4. The van der Waals surface area contributed by atoms with E-state index in [1.807, 2.05) is 0 Å². The smallest absolute Gasteiger partial charge is 0.191 e. The summed E-state index contributed by atoms with van der Waals surface area (Å²) in [4.78, 5) is 5.64. The number of aryl methyl sites for hydroxylation is 2. The number of aromatic nitrogens is 3. The van der Waals surface area contributed by atoms with E-state index in [0.29, 0.717) is 6.54 Å². The Kier molecular flexibility index (Phi) is 8.88. The highest BCUT2D eigenvalue weighted by Gasteiger charge is 2.14. The summed E-state index contributed by atoms with van der Waals surface area (Å²) in [5.74, 6) is 2.89. The summed E-state index contributed by atoms with van der Waals surface area (Å²) >= 11 is 1.78. The van der Waals surface area contributed by atoms with Gasteiger partial charge in [0.05, 0.1) is 6.54 Å². The van der Waals surface area contributed by atoms with Gasteiger partial charge in [-0.15, -0.1) is 45.9 Å². The fourth-order valence-corrected chi connectivity index (χ4v) is 3.94. The van der Waals surface area contributed by atoms with Crippen LogP contribution in [0.5, 0.6) is 0 Å². The molecule has 0 saturated carbocycles. The van der Waals surface area contributed by atoms with Crippen LogP contribution in [0.15, 0.2) is 28.1 Å². The largest absolute Gasteiger partial charge is 0.352 e. The number of thioether (sulfide) groups is 1. The van der Waals surface area contributed by atoms with Gasteiger partial charge in [0, 0.05) is 31.5 Å². The summed E-state index contributed by atoms with van der Waals surface area (Å²) in [6.07, 6.45) is 6.83. The summed E-state index contributed by atoms with van der Waals surface area (Å²) in [5.41, 5.74) is 2.57. The number of fused-ring (bicyclic) bond motifs is 1. The number of hydrogen-bond donors (Lipinski definition) is 2. The number of rotatable bonds is 5. The number of guanidine groups is 1. The van der Waals surface area contributed by atoms with E-state index in [0.717, 1.165) is 37.1 Å². The molecule has 6 nitrogen and oxygen atoms in total. The van der Waals surface area contributed by atoms with Crippen LogP contribution in [0.2, 0.25) is 0 Å². The van der Waals surface area contributed by atoms with Crippen LogP contribution in [0, 0.1) is 6.92 Å². The molecule has 2 N–H and O–H groups in total. The van der Waals surface area contributed by atoms with Gasteiger partial charge < -0.3 is 15.2 Å². The van der Waals surface area contributed by atoms with Crippen molar-refractivity contribution in [1.82, 2.24) is 25.4 Å². The standard InChI is InChI=1S/C19H28N6S.HI/c1-14-8-9-15(16(11-14)26-3)12-21-19(20-2)22-13-18-24-23-17-7-5-4-6-10-25(17)18;/h8-9,11H,4-7,10,12-13H2,1-3H3,(H2,20,21,22);1H. The molecule has 0 unspecified atom stereocenters. The Bertz CT molecular complexity index is 774. The normalized spacial score (nSPS) is 14.1. The Balaban J connectivity index is 0.00000261. The molecule has 8 heteroatoms. The minimum Gasteiger partial charge on any atom is -0.352 e. The van der Waals surface area contributed by atoms with Crippen molar-refractivity contribution in [2.45, 2.75) is 57.1 Å². The van der Waals surface area contributed by atoms with Crippen LogP contribution in [-0.4, -0.2) is 34.0 Å². The lowest BCUT2D eigenvalue weighted by molar-refractivity contribution is 0.596. The first-order chi connectivity index (χ1) is 12.7. The van der Waals surface area contributed by atoms with Gasteiger partial charge in [-0.25, -0.2) is 0 Å². The van der Waals surface area contributed by atoms with Gasteiger partial charge in [-0.05, 0) is 43.2 Å². The molecule has 1 aliphatic heterocycles. The van der Waals surface area contributed by atoms with Crippen LogP contribution in [0.1, 0.15) is 42.0 Å². The molecule has 1 aromatic heterocycles. The van der Waals surface area contributed by atoms with Crippen molar-refractivity contribution in [3.8, 4) is 0 Å². The second-order valence-corrected chi connectivity index (χ2v) is 7.44. The molecule has 0 spiro atoms. The predicted octanol–water partition coefficient (Wildman–Crippen LogP) is 3.52. The molecule has 0 atom stereocenters. The van der Waals surface area contributed by atoms with Crippen molar-refractivity contribution in [3.63, 3.8) is 0 Å². The fourth-order valence-electron chi connectivity index (χ4n) is 3.24. The van der Waals surface area contributed by atoms with Gasteiger partial charge >= 0.3 is 0 Å². The molecule has 3 rings (SSSR count). The number of aliphatic imine (C=N–C) groups is 1. The zero-order valence-corrected chi connectivity index (χ0v) is 19.4. The Morgan fingerprint density at radius 1 is 1.19 bits per heavy atom. The molecular formula is C19H29IN6S. The topological polar surface area (TPSA) is 67.1 Å². The Labute approximate surface area is 183 Å². The fraction of sp³-hybridized carbons (Fsp3) is 0.526. The number of nitrogens with one attached hydrogen (secondary N) is 2. The molecule has 0 bridgehead atoms. The number of hydrogen-bond acceptors (Lipinski definition) is 4. The Morgan fingerprint density at radius 2 is 2.00 bits per heavy atom. The lowest BCUT2D eigenvalue weighted by Crippen LogP contribution is -2.37. The lowest BCUT2D eigenvalue weighted by Gasteiger charge is -2.14. The molecule has 0 saturated heterocycles. The maximum absolute atomic E-state index is 4.37. The minimum absolute atomic E-state index is 0. The van der Waals surface area contributed by atoms with Gasteiger partial charge in [-0.3, -0.25) is 4.99 Å². The number of halogens is 1. The monoisotopic (exact) mass is 500 g/mol. The first kappa shape index (κ1) is 22.0. The third kappa shape index (κ3) is 5.84. The molecule has 2 heterocycles. The second kappa shape index (κ2) is 10.9. The second-order valence-electron chi connectivity index (χ2n) is 6.59. The molecule has 0 aliphatic carbocycles. The molecular weight excluding hydrogens is 471 g/mol. The van der Waals surface area contributed by atoms with Crippen LogP contribution in [0.3, 0.4) is 0 Å². The summed E-state index contributed by atoms with van der Waals surface area (Å²) in [7, 11) is 1.80. The quantitative estimate of drug-likeness (QED) is 0.285. The average Bonchev–Trinajstić information content (AvgIpc) is 2.88. The molecule has 0 radical (unpaired) electrons. The van der Waals surface area contributed by atoms with Gasteiger partial charge in [0.25, 0.3) is 0 Å². The zero-order chi connectivity index (χ0) is 18.4. The van der Waals surface area contributed by atoms with Crippen LogP contribution < -0.4 is 10.6 Å². The van der Waals surface area contributed by atoms with Crippen molar-refractivity contribution in [2.75, 3.05) is 13.3 Å². The summed E-state index contributed by atoms with van der Waals surface area (Å²) < 4.78 is 2.26. The molecule has 1 aliphatic rings. The average molecular weight is 500 g/mol.